The van der Waals surface area contributed by atoms with Crippen LogP contribution in [0.15, 0.2) is 46.5 Å². The first-order valence-corrected chi connectivity index (χ1v) is 9.58. The average molecular weight is 391 g/mol. The molecule has 2 aromatic rings. The molecule has 0 saturated heterocycles. The molecule has 0 aliphatic rings. The Morgan fingerprint density at radius 2 is 1.54 bits per heavy atom. The van der Waals surface area contributed by atoms with Crippen LogP contribution in [0.25, 0.3) is 0 Å². The lowest BCUT2D eigenvalue weighted by atomic mass is 10.2. The smallest absolute Gasteiger partial charge is 0.255 e. The van der Waals surface area contributed by atoms with Crippen molar-refractivity contribution in [2.75, 3.05) is 5.32 Å². The number of carbonyl (C=O) groups excluding carboxylic acids is 1. The standard InChI is InChI=1S/C12H11ClN4O5S2/c13-8-5-9(17-12(18)7-1-3-16-4-2-7)11(24(15,21)22)6-10(8)23(14,19)20/h1-6H,(H,17,18)(H2,14,19,20)(H2,15,21,22). The Morgan fingerprint density at radius 1 is 1.00 bits per heavy atom. The van der Waals surface area contributed by atoms with Crippen molar-refractivity contribution >= 4 is 43.2 Å². The molecule has 1 aromatic heterocycles. The van der Waals surface area contributed by atoms with Gasteiger partial charge in [-0.3, -0.25) is 9.78 Å². The van der Waals surface area contributed by atoms with Gasteiger partial charge in [-0.1, -0.05) is 11.6 Å². The fourth-order valence-electron chi connectivity index (χ4n) is 1.78. The minimum Gasteiger partial charge on any atom is -0.321 e. The third kappa shape index (κ3) is 4.07. The van der Waals surface area contributed by atoms with Crippen LogP contribution in [0, 0.1) is 0 Å². The molecule has 0 aliphatic heterocycles. The van der Waals surface area contributed by atoms with Crippen molar-refractivity contribution in [1.82, 2.24) is 4.98 Å². The van der Waals surface area contributed by atoms with Gasteiger partial charge in [0.25, 0.3) is 5.91 Å². The van der Waals surface area contributed by atoms with Gasteiger partial charge in [0.15, 0.2) is 0 Å². The third-order valence-electron chi connectivity index (χ3n) is 2.84. The van der Waals surface area contributed by atoms with Gasteiger partial charge in [-0.05, 0) is 24.3 Å². The number of rotatable bonds is 4. The van der Waals surface area contributed by atoms with E-state index in [-0.39, 0.29) is 16.3 Å². The van der Waals surface area contributed by atoms with Crippen LogP contribution in [-0.2, 0) is 20.0 Å². The van der Waals surface area contributed by atoms with E-state index in [4.69, 9.17) is 21.9 Å². The number of pyridine rings is 1. The summed E-state index contributed by atoms with van der Waals surface area (Å²) in [5.41, 5.74) is -0.0891. The molecule has 1 heterocycles. The van der Waals surface area contributed by atoms with E-state index in [0.717, 1.165) is 6.07 Å². The maximum atomic E-state index is 12.1. The monoisotopic (exact) mass is 390 g/mol. The molecular weight excluding hydrogens is 380 g/mol. The highest BCUT2D eigenvalue weighted by molar-refractivity contribution is 7.90. The Balaban J connectivity index is 2.58. The molecular formula is C12H11ClN4O5S2. The van der Waals surface area contributed by atoms with E-state index in [2.05, 4.69) is 10.3 Å². The fourth-order valence-corrected chi connectivity index (χ4v) is 3.66. The molecule has 0 radical (unpaired) electrons. The molecule has 0 unspecified atom stereocenters. The van der Waals surface area contributed by atoms with E-state index in [1.54, 1.807) is 0 Å². The van der Waals surface area contributed by atoms with E-state index in [1.165, 1.54) is 24.5 Å². The minimum atomic E-state index is -4.37. The minimum absolute atomic E-state index is 0.192. The number of hydrogen-bond donors (Lipinski definition) is 3. The summed E-state index contributed by atoms with van der Waals surface area (Å²) < 4.78 is 46.3. The summed E-state index contributed by atoms with van der Waals surface area (Å²) in [4.78, 5) is 14.6. The number of sulfonamides is 2. The SMILES string of the molecule is NS(=O)(=O)c1cc(S(N)(=O)=O)c(NC(=O)c2ccncc2)cc1Cl. The van der Waals surface area contributed by atoms with Gasteiger partial charge in [0, 0.05) is 18.0 Å². The first-order valence-electron chi connectivity index (χ1n) is 6.10. The number of halogens is 1. The summed E-state index contributed by atoms with van der Waals surface area (Å²) in [6, 6.07) is 4.42. The quantitative estimate of drug-likeness (QED) is 0.678. The molecule has 5 N–H and O–H groups in total. The molecule has 128 valence electrons. The lowest BCUT2D eigenvalue weighted by molar-refractivity contribution is 0.102. The molecule has 0 fully saturated rings. The van der Waals surface area contributed by atoms with Crippen molar-refractivity contribution in [3.05, 3.63) is 47.2 Å². The topological polar surface area (TPSA) is 162 Å². The normalized spacial score (nSPS) is 12.0. The van der Waals surface area contributed by atoms with Crippen molar-refractivity contribution in [3.8, 4) is 0 Å². The molecule has 0 saturated carbocycles. The summed E-state index contributed by atoms with van der Waals surface area (Å²) in [7, 11) is -8.65. The first kappa shape index (κ1) is 18.3. The molecule has 0 atom stereocenters. The second kappa shape index (κ2) is 6.45. The molecule has 9 nitrogen and oxygen atoms in total. The zero-order valence-corrected chi connectivity index (χ0v) is 14.2. The van der Waals surface area contributed by atoms with Gasteiger partial charge in [0.1, 0.15) is 9.79 Å². The molecule has 0 spiro atoms. The lowest BCUT2D eigenvalue weighted by Crippen LogP contribution is -2.20. The van der Waals surface area contributed by atoms with Crippen LogP contribution in [0.2, 0.25) is 5.02 Å². The molecule has 2 rings (SSSR count). The zero-order chi connectivity index (χ0) is 18.1. The van der Waals surface area contributed by atoms with E-state index in [1.807, 2.05) is 0 Å². The predicted molar refractivity (Wildman–Crippen MR) is 86.4 cm³/mol. The summed E-state index contributed by atoms with van der Waals surface area (Å²) in [6.45, 7) is 0. The second-order valence-electron chi connectivity index (χ2n) is 4.56. The Kier molecular flexibility index (Phi) is 4.92. The highest BCUT2D eigenvalue weighted by Gasteiger charge is 2.23. The average Bonchev–Trinajstić information content (AvgIpc) is 2.45. The number of amides is 1. The van der Waals surface area contributed by atoms with Gasteiger partial charge in [0.2, 0.25) is 20.0 Å². The van der Waals surface area contributed by atoms with Gasteiger partial charge in [-0.2, -0.15) is 0 Å². The summed E-state index contributed by atoms with van der Waals surface area (Å²) >= 11 is 5.81. The van der Waals surface area contributed by atoms with Crippen LogP contribution in [0.1, 0.15) is 10.4 Å². The summed E-state index contributed by atoms with van der Waals surface area (Å²) in [5, 5.41) is 12.0. The number of nitrogens with one attached hydrogen (secondary N) is 1. The van der Waals surface area contributed by atoms with Crippen molar-refractivity contribution in [1.29, 1.82) is 0 Å². The van der Waals surface area contributed by atoms with Crippen LogP contribution in [0.5, 0.6) is 0 Å². The highest BCUT2D eigenvalue weighted by atomic mass is 35.5. The summed E-state index contributed by atoms with van der Waals surface area (Å²) in [6.07, 6.45) is 2.74. The van der Waals surface area contributed by atoms with E-state index in [9.17, 15) is 21.6 Å². The fraction of sp³-hybridized carbons (Fsp3) is 0. The van der Waals surface area contributed by atoms with E-state index >= 15 is 0 Å². The highest BCUT2D eigenvalue weighted by Crippen LogP contribution is 2.30. The maximum Gasteiger partial charge on any atom is 0.255 e. The molecule has 0 aliphatic carbocycles. The lowest BCUT2D eigenvalue weighted by Gasteiger charge is -2.12. The van der Waals surface area contributed by atoms with Crippen molar-refractivity contribution in [2.24, 2.45) is 10.3 Å². The Bertz CT molecular complexity index is 1010. The number of aromatic nitrogens is 1. The van der Waals surface area contributed by atoms with Gasteiger partial charge >= 0.3 is 0 Å². The van der Waals surface area contributed by atoms with Crippen LogP contribution in [0.4, 0.5) is 5.69 Å². The van der Waals surface area contributed by atoms with Crippen LogP contribution < -0.4 is 15.6 Å². The molecule has 1 amide bonds. The van der Waals surface area contributed by atoms with Crippen molar-refractivity contribution in [3.63, 3.8) is 0 Å². The predicted octanol–water partition coefficient (Wildman–Crippen LogP) is 0.282. The molecule has 12 heteroatoms. The first-order chi connectivity index (χ1) is 11.0. The molecule has 0 bridgehead atoms. The third-order valence-corrected chi connectivity index (χ3v) is 5.16. The second-order valence-corrected chi connectivity index (χ2v) is 8.03. The number of primary sulfonamides is 2. The van der Waals surface area contributed by atoms with Crippen LogP contribution >= 0.6 is 11.6 Å². The van der Waals surface area contributed by atoms with Gasteiger partial charge in [-0.25, -0.2) is 27.1 Å². The van der Waals surface area contributed by atoms with E-state index in [0.29, 0.717) is 6.07 Å². The van der Waals surface area contributed by atoms with Gasteiger partial charge < -0.3 is 5.32 Å². The van der Waals surface area contributed by atoms with Gasteiger partial charge in [-0.15, -0.1) is 0 Å². The number of anilines is 1. The van der Waals surface area contributed by atoms with Crippen LogP contribution in [-0.4, -0.2) is 27.7 Å². The summed E-state index contributed by atoms with van der Waals surface area (Å²) in [5.74, 6) is -0.665. The number of nitrogens with zero attached hydrogens (tertiary/aromatic N) is 1. The van der Waals surface area contributed by atoms with Crippen molar-refractivity contribution in [2.45, 2.75) is 9.79 Å². The number of carbonyl (C=O) groups is 1. The van der Waals surface area contributed by atoms with Crippen LogP contribution in [0.3, 0.4) is 0 Å². The molecule has 24 heavy (non-hydrogen) atoms. The Labute approximate surface area is 142 Å². The maximum absolute atomic E-state index is 12.1. The van der Waals surface area contributed by atoms with E-state index < -0.39 is 35.7 Å². The zero-order valence-electron chi connectivity index (χ0n) is 11.8. The molecule has 1 aromatic carbocycles. The number of benzene rings is 1. The Hall–Kier alpha value is -2.05. The van der Waals surface area contributed by atoms with Crippen molar-refractivity contribution < 1.29 is 21.6 Å². The number of nitrogens with two attached hydrogens (primary N) is 2. The largest absolute Gasteiger partial charge is 0.321 e. The Morgan fingerprint density at radius 3 is 2.04 bits per heavy atom. The van der Waals surface area contributed by atoms with Gasteiger partial charge in [0.05, 0.1) is 10.7 Å². The number of hydrogen-bond acceptors (Lipinski definition) is 6.